The highest BCUT2D eigenvalue weighted by Crippen LogP contribution is 2.23. The normalized spacial score (nSPS) is 15.5. The number of amides is 1. The van der Waals surface area contributed by atoms with Crippen molar-refractivity contribution in [1.29, 1.82) is 0 Å². The minimum atomic E-state index is 0.0922. The van der Waals surface area contributed by atoms with Crippen molar-refractivity contribution in [3.63, 3.8) is 0 Å². The molecule has 0 N–H and O–H groups in total. The van der Waals surface area contributed by atoms with E-state index in [0.717, 1.165) is 24.4 Å². The molecule has 130 valence electrons. The first-order valence-corrected chi connectivity index (χ1v) is 9.08. The Balaban J connectivity index is 1.61. The molecule has 1 fully saturated rings. The molecular formula is C16H22N4O3S. The zero-order valence-corrected chi connectivity index (χ0v) is 14.6. The molecule has 2 aromatic heterocycles. The Morgan fingerprint density at radius 2 is 2.21 bits per heavy atom. The van der Waals surface area contributed by atoms with Crippen LogP contribution in [0, 0.1) is 0 Å². The van der Waals surface area contributed by atoms with Crippen LogP contribution in [0.15, 0.2) is 21.9 Å². The molecule has 3 rings (SSSR count). The van der Waals surface area contributed by atoms with Crippen LogP contribution in [0.2, 0.25) is 0 Å². The SMILES string of the molecule is CCCN(Cc1nnc(-c2cccs2)o1)C(=O)CN1CCOCC1. The molecule has 1 aliphatic heterocycles. The Labute approximate surface area is 145 Å². The van der Waals surface area contributed by atoms with Crippen LogP contribution in [-0.4, -0.2) is 65.3 Å². The highest BCUT2D eigenvalue weighted by atomic mass is 32.1. The molecule has 7 nitrogen and oxygen atoms in total. The molecule has 2 aromatic rings. The van der Waals surface area contributed by atoms with Gasteiger partial charge in [-0.3, -0.25) is 9.69 Å². The van der Waals surface area contributed by atoms with E-state index in [1.165, 1.54) is 0 Å². The highest BCUT2D eigenvalue weighted by molar-refractivity contribution is 7.13. The largest absolute Gasteiger partial charge is 0.418 e. The number of hydrogen-bond acceptors (Lipinski definition) is 7. The third kappa shape index (κ3) is 4.40. The maximum atomic E-state index is 12.6. The molecule has 0 radical (unpaired) electrons. The van der Waals surface area contributed by atoms with Crippen LogP contribution < -0.4 is 0 Å². The summed E-state index contributed by atoms with van der Waals surface area (Å²) in [5.41, 5.74) is 0. The lowest BCUT2D eigenvalue weighted by atomic mass is 10.3. The Kier molecular flexibility index (Phi) is 5.95. The molecule has 0 bridgehead atoms. The van der Waals surface area contributed by atoms with Crippen molar-refractivity contribution in [3.8, 4) is 10.8 Å². The van der Waals surface area contributed by atoms with E-state index < -0.39 is 0 Å². The van der Waals surface area contributed by atoms with Crippen LogP contribution in [0.5, 0.6) is 0 Å². The van der Waals surface area contributed by atoms with Gasteiger partial charge in [-0.2, -0.15) is 0 Å². The lowest BCUT2D eigenvalue weighted by Crippen LogP contribution is -2.44. The molecule has 24 heavy (non-hydrogen) atoms. The molecule has 8 heteroatoms. The van der Waals surface area contributed by atoms with E-state index in [1.807, 2.05) is 17.5 Å². The van der Waals surface area contributed by atoms with E-state index in [2.05, 4.69) is 22.0 Å². The first-order valence-electron chi connectivity index (χ1n) is 8.20. The fourth-order valence-electron chi connectivity index (χ4n) is 2.59. The molecule has 0 aromatic carbocycles. The van der Waals surface area contributed by atoms with Crippen molar-refractivity contribution in [3.05, 3.63) is 23.4 Å². The van der Waals surface area contributed by atoms with Gasteiger partial charge >= 0.3 is 0 Å². The summed E-state index contributed by atoms with van der Waals surface area (Å²) < 4.78 is 11.0. The van der Waals surface area contributed by atoms with Gasteiger partial charge in [-0.1, -0.05) is 13.0 Å². The smallest absolute Gasteiger partial charge is 0.257 e. The highest BCUT2D eigenvalue weighted by Gasteiger charge is 2.21. The summed E-state index contributed by atoms with van der Waals surface area (Å²) in [6.45, 7) is 6.48. The van der Waals surface area contributed by atoms with Crippen molar-refractivity contribution in [2.45, 2.75) is 19.9 Å². The molecule has 0 unspecified atom stereocenters. The van der Waals surface area contributed by atoms with Crippen LogP contribution in [0.1, 0.15) is 19.2 Å². The molecule has 1 aliphatic rings. The van der Waals surface area contributed by atoms with Gasteiger partial charge in [0.1, 0.15) is 0 Å². The number of rotatable bonds is 7. The Morgan fingerprint density at radius 1 is 1.38 bits per heavy atom. The summed E-state index contributed by atoms with van der Waals surface area (Å²) in [4.78, 5) is 17.5. The van der Waals surface area contributed by atoms with E-state index in [-0.39, 0.29) is 5.91 Å². The standard InChI is InChI=1S/C16H22N4O3S/c1-2-5-20(15(21)12-19-6-8-22-9-7-19)11-14-17-18-16(23-14)13-4-3-10-24-13/h3-4,10H,2,5-9,11-12H2,1H3. The Morgan fingerprint density at radius 3 is 2.92 bits per heavy atom. The first-order chi connectivity index (χ1) is 11.8. The monoisotopic (exact) mass is 350 g/mol. The zero-order chi connectivity index (χ0) is 16.8. The summed E-state index contributed by atoms with van der Waals surface area (Å²) in [7, 11) is 0. The minimum Gasteiger partial charge on any atom is -0.418 e. The van der Waals surface area contributed by atoms with E-state index >= 15 is 0 Å². The maximum Gasteiger partial charge on any atom is 0.257 e. The fraction of sp³-hybridized carbons (Fsp3) is 0.562. The van der Waals surface area contributed by atoms with E-state index in [0.29, 0.717) is 44.6 Å². The second kappa shape index (κ2) is 8.36. The average molecular weight is 350 g/mol. The van der Waals surface area contributed by atoms with Crippen molar-refractivity contribution in [2.24, 2.45) is 0 Å². The zero-order valence-electron chi connectivity index (χ0n) is 13.8. The fourth-order valence-corrected chi connectivity index (χ4v) is 3.24. The first kappa shape index (κ1) is 17.1. The number of carbonyl (C=O) groups excluding carboxylic acids is 1. The van der Waals surface area contributed by atoms with Gasteiger partial charge in [-0.05, 0) is 17.9 Å². The Hall–Kier alpha value is -1.77. The number of morpholine rings is 1. The summed E-state index contributed by atoms with van der Waals surface area (Å²) in [5, 5.41) is 10.1. The summed E-state index contributed by atoms with van der Waals surface area (Å²) in [6, 6.07) is 3.88. The molecule has 0 atom stereocenters. The number of hydrogen-bond donors (Lipinski definition) is 0. The van der Waals surface area contributed by atoms with E-state index in [9.17, 15) is 4.79 Å². The topological polar surface area (TPSA) is 71.7 Å². The summed E-state index contributed by atoms with van der Waals surface area (Å²) in [6.07, 6.45) is 0.890. The van der Waals surface area contributed by atoms with Crippen molar-refractivity contribution < 1.29 is 13.9 Å². The number of carbonyl (C=O) groups is 1. The predicted octanol–water partition coefficient (Wildman–Crippen LogP) is 1.87. The second-order valence-electron chi connectivity index (χ2n) is 5.68. The molecular weight excluding hydrogens is 328 g/mol. The van der Waals surface area contributed by atoms with Crippen LogP contribution in [0.4, 0.5) is 0 Å². The lowest BCUT2D eigenvalue weighted by Gasteiger charge is -2.29. The quantitative estimate of drug-likeness (QED) is 0.759. The molecule has 1 amide bonds. The summed E-state index contributed by atoms with van der Waals surface area (Å²) >= 11 is 1.55. The van der Waals surface area contributed by atoms with Gasteiger partial charge in [0, 0.05) is 19.6 Å². The molecule has 0 spiro atoms. The Bertz CT molecular complexity index is 638. The number of thiophene rings is 1. The van der Waals surface area contributed by atoms with Gasteiger partial charge < -0.3 is 14.1 Å². The molecule has 1 saturated heterocycles. The second-order valence-corrected chi connectivity index (χ2v) is 6.63. The van der Waals surface area contributed by atoms with Gasteiger partial charge in [0.05, 0.1) is 31.2 Å². The molecule has 0 aliphatic carbocycles. The van der Waals surface area contributed by atoms with Crippen LogP contribution in [0.3, 0.4) is 0 Å². The van der Waals surface area contributed by atoms with E-state index in [4.69, 9.17) is 9.15 Å². The maximum absolute atomic E-state index is 12.6. The van der Waals surface area contributed by atoms with Crippen LogP contribution >= 0.6 is 11.3 Å². The molecule has 0 saturated carbocycles. The van der Waals surface area contributed by atoms with Crippen LogP contribution in [0.25, 0.3) is 10.8 Å². The minimum absolute atomic E-state index is 0.0922. The average Bonchev–Trinajstić information content (AvgIpc) is 3.26. The van der Waals surface area contributed by atoms with Gasteiger partial charge in [0.2, 0.25) is 11.8 Å². The van der Waals surface area contributed by atoms with Crippen LogP contribution in [-0.2, 0) is 16.1 Å². The van der Waals surface area contributed by atoms with Gasteiger partial charge in [-0.15, -0.1) is 21.5 Å². The lowest BCUT2D eigenvalue weighted by molar-refractivity contribution is -0.134. The third-order valence-corrected chi connectivity index (χ3v) is 4.69. The molecule has 3 heterocycles. The number of nitrogens with zero attached hydrogens (tertiary/aromatic N) is 4. The van der Waals surface area contributed by atoms with Crippen molar-refractivity contribution in [2.75, 3.05) is 39.4 Å². The number of ether oxygens (including phenoxy) is 1. The third-order valence-electron chi connectivity index (χ3n) is 3.83. The summed E-state index contributed by atoms with van der Waals surface area (Å²) in [5.74, 6) is 1.08. The van der Waals surface area contributed by atoms with Crippen molar-refractivity contribution in [1.82, 2.24) is 20.0 Å². The predicted molar refractivity (Wildman–Crippen MR) is 90.6 cm³/mol. The van der Waals surface area contributed by atoms with Crippen molar-refractivity contribution >= 4 is 17.2 Å². The van der Waals surface area contributed by atoms with Gasteiger partial charge in [0.15, 0.2) is 0 Å². The number of aromatic nitrogens is 2. The van der Waals surface area contributed by atoms with E-state index in [1.54, 1.807) is 16.2 Å². The van der Waals surface area contributed by atoms with Gasteiger partial charge in [0.25, 0.3) is 5.89 Å². The van der Waals surface area contributed by atoms with Gasteiger partial charge in [-0.25, -0.2) is 0 Å².